The number of carbonyl (C=O) groups is 4. The van der Waals surface area contributed by atoms with Gasteiger partial charge in [-0.2, -0.15) is 0 Å². The number of nitrogens with two attached hydrogens (primary N) is 2. The van der Waals surface area contributed by atoms with Crippen molar-refractivity contribution < 1.29 is 62.5 Å². The number of thioether (sulfide) groups is 1. The fourth-order valence-corrected chi connectivity index (χ4v) is 7.09. The lowest BCUT2D eigenvalue weighted by molar-refractivity contribution is -0.161. The van der Waals surface area contributed by atoms with Gasteiger partial charge in [0.1, 0.15) is 18.7 Å². The van der Waals surface area contributed by atoms with Crippen LogP contribution >= 0.6 is 19.6 Å². The highest BCUT2D eigenvalue weighted by Gasteiger charge is 2.30. The lowest BCUT2D eigenvalue weighted by atomic mass is 10.1. The molecule has 0 fully saturated rings. The molecule has 6 atom stereocenters. The van der Waals surface area contributed by atoms with Crippen molar-refractivity contribution in [2.24, 2.45) is 11.5 Å². The van der Waals surface area contributed by atoms with E-state index in [0.29, 0.717) is 6.42 Å². The van der Waals surface area contributed by atoms with Crippen LogP contribution in [0.15, 0.2) is 97.2 Å². The molecule has 0 saturated heterocycles. The fourth-order valence-electron chi connectivity index (χ4n) is 5.18. The van der Waals surface area contributed by atoms with E-state index in [4.69, 9.17) is 35.7 Å². The van der Waals surface area contributed by atoms with E-state index in [2.05, 4.69) is 73.1 Å². The Labute approximate surface area is 385 Å². The van der Waals surface area contributed by atoms with Crippen molar-refractivity contribution in [1.29, 1.82) is 0 Å². The molecule has 0 aliphatic heterocycles. The summed E-state index contributed by atoms with van der Waals surface area (Å²) in [6.45, 7) is 2.08. The first-order chi connectivity index (χ1) is 30.7. The largest absolute Gasteiger partial charge is 0.481 e. The molecule has 0 amide bonds. The number of unbranched alkanes of at least 4 members (excludes halogenated alkanes) is 5. The Morgan fingerprint density at radius 2 is 1.25 bits per heavy atom. The second kappa shape index (κ2) is 40.6. The highest BCUT2D eigenvalue weighted by atomic mass is 32.2. The molecule has 0 rings (SSSR count). The van der Waals surface area contributed by atoms with E-state index in [-0.39, 0.29) is 31.4 Å². The number of aliphatic hydroxyl groups is 1. The Hall–Kier alpha value is -3.86. The maximum atomic E-state index is 13.2. The lowest BCUT2D eigenvalue weighted by Crippen LogP contribution is -2.40. The average Bonchev–Trinajstić information content (AvgIpc) is 3.26. The number of carboxylic acid groups (broad SMARTS) is 2. The number of carboxylic acids is 2. The summed E-state index contributed by atoms with van der Waals surface area (Å²) in [5.74, 6) is -4.09. The summed E-state index contributed by atoms with van der Waals surface area (Å²) in [7, 11) is -4.89. The predicted octanol–water partition coefficient (Wildman–Crippen LogP) is 8.59. The molecule has 0 aromatic carbocycles. The average molecular weight is 939 g/mol. The monoisotopic (exact) mass is 938 g/mol. The molecule has 15 nitrogen and oxygen atoms in total. The smallest absolute Gasteiger partial charge is 0.472 e. The molecule has 17 heteroatoms. The number of rotatable bonds is 40. The van der Waals surface area contributed by atoms with Gasteiger partial charge in [0.15, 0.2) is 6.10 Å². The van der Waals surface area contributed by atoms with Gasteiger partial charge < -0.3 is 41.2 Å². The maximum absolute atomic E-state index is 13.2. The van der Waals surface area contributed by atoms with Crippen molar-refractivity contribution in [1.82, 2.24) is 0 Å². The summed E-state index contributed by atoms with van der Waals surface area (Å²) in [5, 5.41) is 28.3. The zero-order valence-corrected chi connectivity index (χ0v) is 39.5. The highest BCUT2D eigenvalue weighted by molar-refractivity contribution is 8.00. The molecule has 0 aliphatic rings. The molecular formula is C47H75N2O13PS. The van der Waals surface area contributed by atoms with E-state index in [1.807, 2.05) is 24.3 Å². The van der Waals surface area contributed by atoms with Crippen LogP contribution in [0.5, 0.6) is 0 Å². The van der Waals surface area contributed by atoms with Crippen molar-refractivity contribution in [3.05, 3.63) is 97.2 Å². The molecule has 0 radical (unpaired) electrons. The van der Waals surface area contributed by atoms with Crippen molar-refractivity contribution in [3.63, 3.8) is 0 Å². The first kappa shape index (κ1) is 60.1. The van der Waals surface area contributed by atoms with Crippen LogP contribution in [0.25, 0.3) is 0 Å². The van der Waals surface area contributed by atoms with Gasteiger partial charge >= 0.3 is 31.7 Å². The van der Waals surface area contributed by atoms with Crippen LogP contribution in [-0.2, 0) is 42.3 Å². The SMILES string of the molecule is CC/C=C\C/C=C\C/C=C\C/C=C\CCCCC(=O)OC[C@H](COP(=O)(O)OC[C@H](N)C(=O)O)OC(=O)[C@@H](N)CS[C@H](/C=C/C=C/C=C\C/C=C\CCCCC)[C@@H](O)CCCC(=O)O. The summed E-state index contributed by atoms with van der Waals surface area (Å²) >= 11 is 1.14. The minimum atomic E-state index is -4.89. The van der Waals surface area contributed by atoms with Crippen molar-refractivity contribution in [2.45, 2.75) is 146 Å². The van der Waals surface area contributed by atoms with Crippen LogP contribution in [0.2, 0.25) is 0 Å². The van der Waals surface area contributed by atoms with Crippen LogP contribution in [-0.4, -0.2) is 99.2 Å². The lowest BCUT2D eigenvalue weighted by Gasteiger charge is -2.23. The molecule has 64 heavy (non-hydrogen) atoms. The van der Waals surface area contributed by atoms with Gasteiger partial charge in [-0.1, -0.05) is 124 Å². The van der Waals surface area contributed by atoms with E-state index < -0.39 is 81.1 Å². The first-order valence-electron chi connectivity index (χ1n) is 22.2. The highest BCUT2D eigenvalue weighted by Crippen LogP contribution is 2.43. The number of esters is 2. The summed E-state index contributed by atoms with van der Waals surface area (Å²) in [6, 6.07) is -2.89. The van der Waals surface area contributed by atoms with E-state index in [1.54, 1.807) is 18.2 Å². The third-order valence-corrected chi connectivity index (χ3v) is 11.2. The molecule has 362 valence electrons. The third-order valence-electron chi connectivity index (χ3n) is 8.82. The molecule has 0 aromatic rings. The van der Waals surface area contributed by atoms with Crippen LogP contribution < -0.4 is 11.5 Å². The van der Waals surface area contributed by atoms with E-state index >= 15 is 0 Å². The van der Waals surface area contributed by atoms with E-state index in [0.717, 1.165) is 63.1 Å². The van der Waals surface area contributed by atoms with Gasteiger partial charge in [-0.05, 0) is 77.0 Å². The third kappa shape index (κ3) is 37.5. The minimum absolute atomic E-state index is 0.0562. The van der Waals surface area contributed by atoms with Crippen molar-refractivity contribution >= 4 is 43.5 Å². The number of aliphatic carboxylic acids is 2. The van der Waals surface area contributed by atoms with Gasteiger partial charge in [-0.25, -0.2) is 4.57 Å². The van der Waals surface area contributed by atoms with Crippen LogP contribution in [0.4, 0.5) is 0 Å². The van der Waals surface area contributed by atoms with Crippen LogP contribution in [0.1, 0.15) is 117 Å². The van der Waals surface area contributed by atoms with E-state index in [9.17, 15) is 33.7 Å². The zero-order valence-electron chi connectivity index (χ0n) is 37.7. The van der Waals surface area contributed by atoms with Crippen molar-refractivity contribution in [2.75, 3.05) is 25.6 Å². The number of allylic oxidation sites excluding steroid dienone is 15. The molecule has 0 spiro atoms. The molecule has 0 aromatic heterocycles. The molecular weight excluding hydrogens is 864 g/mol. The standard InChI is InChI=1S/C47H75N2O13PS/c1-3-5-7-9-11-13-15-17-18-19-21-23-25-27-29-34-45(53)59-35-39(36-60-63(57,58)61-37-40(48)46(54)55)62-47(56)41(49)38-64-43(42(50)31-30-33-44(51)52)32-28-26-24-22-20-16-14-12-10-8-6-4-2/h5,7,11-14,17-18,20-24,26,28,32,39-43,50H,3-4,6,8-10,15-16,19,25,27,29-31,33-38,48-49H2,1-2H3,(H,51,52)(H,54,55)(H,57,58)/b7-5-,13-11-,14-12-,18-17-,22-20-,23-21-,26-24+,32-28+/t39-,40+,41+,42+,43-/m1/s1. The summed E-state index contributed by atoms with van der Waals surface area (Å²) in [6.07, 6.45) is 41.1. The van der Waals surface area contributed by atoms with Gasteiger partial charge in [-0.3, -0.25) is 28.2 Å². The van der Waals surface area contributed by atoms with E-state index in [1.165, 1.54) is 19.3 Å². The maximum Gasteiger partial charge on any atom is 0.472 e. The first-order valence-corrected chi connectivity index (χ1v) is 24.7. The summed E-state index contributed by atoms with van der Waals surface area (Å²) < 4.78 is 32.8. The zero-order chi connectivity index (χ0) is 47.7. The number of carbonyl (C=O) groups excluding carboxylic acids is 2. The number of phosphoric ester groups is 1. The number of hydrogen-bond acceptors (Lipinski definition) is 13. The van der Waals surface area contributed by atoms with Gasteiger partial charge in [0.05, 0.1) is 19.3 Å². The topological polar surface area (TPSA) is 255 Å². The van der Waals surface area contributed by atoms with Crippen molar-refractivity contribution in [3.8, 4) is 0 Å². The number of aliphatic hydroxyl groups excluding tert-OH is 1. The summed E-state index contributed by atoms with van der Waals surface area (Å²) in [5.41, 5.74) is 11.5. The fraction of sp³-hybridized carbons (Fsp3) is 0.574. The number of phosphoric acid groups is 1. The molecule has 0 heterocycles. The van der Waals surface area contributed by atoms with Gasteiger partial charge in [0, 0.05) is 23.8 Å². The Bertz CT molecular complexity index is 1580. The minimum Gasteiger partial charge on any atom is -0.481 e. The Balaban J connectivity index is 5.38. The summed E-state index contributed by atoms with van der Waals surface area (Å²) in [4.78, 5) is 57.9. The second-order valence-corrected chi connectivity index (χ2v) is 17.3. The van der Waals surface area contributed by atoms with Crippen LogP contribution in [0, 0.1) is 0 Å². The predicted molar refractivity (Wildman–Crippen MR) is 254 cm³/mol. The Kier molecular flexibility index (Phi) is 38.2. The molecule has 0 aliphatic carbocycles. The molecule has 0 saturated carbocycles. The molecule has 8 N–H and O–H groups in total. The Morgan fingerprint density at radius 1 is 0.672 bits per heavy atom. The van der Waals surface area contributed by atoms with Gasteiger partial charge in [0.25, 0.3) is 0 Å². The molecule has 0 bridgehead atoms. The Morgan fingerprint density at radius 3 is 1.86 bits per heavy atom. The molecule has 1 unspecified atom stereocenters. The van der Waals surface area contributed by atoms with Gasteiger partial charge in [-0.15, -0.1) is 11.8 Å². The van der Waals surface area contributed by atoms with Crippen LogP contribution in [0.3, 0.4) is 0 Å². The second-order valence-electron chi connectivity index (χ2n) is 14.7. The van der Waals surface area contributed by atoms with Gasteiger partial charge in [0.2, 0.25) is 0 Å². The normalized spacial score (nSPS) is 15.9. The number of ether oxygens (including phenoxy) is 2. The number of hydrogen-bond donors (Lipinski definition) is 6. The quantitative estimate of drug-likeness (QED) is 0.0111.